The van der Waals surface area contributed by atoms with Gasteiger partial charge in [0, 0.05) is 23.6 Å². The Hall–Kier alpha value is -2.43. The number of ether oxygens (including phenoxy) is 1. The van der Waals surface area contributed by atoms with Gasteiger partial charge in [0.05, 0.1) is 10.5 Å². The minimum absolute atomic E-state index is 0.0781. The molecule has 1 aliphatic rings. The van der Waals surface area contributed by atoms with Crippen molar-refractivity contribution in [3.8, 4) is 0 Å². The van der Waals surface area contributed by atoms with Crippen molar-refractivity contribution < 1.29 is 9.66 Å². The second-order valence-electron chi connectivity index (χ2n) is 7.28. The lowest BCUT2D eigenvalue weighted by molar-refractivity contribution is -0.384. The summed E-state index contributed by atoms with van der Waals surface area (Å²) in [5.74, 6) is 0. The molecule has 0 N–H and O–H groups in total. The fraction of sp³-hybridized carbons (Fsp3) is 0.238. The largest absolute Gasteiger partial charge is 0.363 e. The first-order valence-electron chi connectivity index (χ1n) is 8.47. The van der Waals surface area contributed by atoms with Crippen LogP contribution in [0.5, 0.6) is 0 Å². The standard InChI is InChI=1S/C21H18ClNO3/c1-21(2)12-19-17(10-6-13-3-7-15(22)11-18(13)19)20(26-21)14-4-8-16(9-5-14)23(24)25/h3-11,20H,12H2,1-2H3. The van der Waals surface area contributed by atoms with Crippen molar-refractivity contribution in [2.24, 2.45) is 0 Å². The molecule has 1 aliphatic heterocycles. The topological polar surface area (TPSA) is 52.4 Å². The number of fused-ring (bicyclic) bond motifs is 3. The molecule has 0 amide bonds. The summed E-state index contributed by atoms with van der Waals surface area (Å²) in [4.78, 5) is 10.5. The van der Waals surface area contributed by atoms with Crippen molar-refractivity contribution in [1.82, 2.24) is 0 Å². The maximum atomic E-state index is 10.9. The van der Waals surface area contributed by atoms with Crippen LogP contribution in [0.1, 0.15) is 36.6 Å². The molecule has 26 heavy (non-hydrogen) atoms. The van der Waals surface area contributed by atoms with Gasteiger partial charge in [-0.1, -0.05) is 29.8 Å². The van der Waals surface area contributed by atoms with Crippen molar-refractivity contribution >= 4 is 28.1 Å². The van der Waals surface area contributed by atoms with E-state index in [0.717, 1.165) is 28.3 Å². The van der Waals surface area contributed by atoms with E-state index >= 15 is 0 Å². The number of nitrogens with zero attached hydrogens (tertiary/aromatic N) is 1. The Morgan fingerprint density at radius 2 is 1.81 bits per heavy atom. The highest BCUT2D eigenvalue weighted by Gasteiger charge is 2.34. The van der Waals surface area contributed by atoms with Gasteiger partial charge in [-0.15, -0.1) is 0 Å². The van der Waals surface area contributed by atoms with E-state index in [1.807, 2.05) is 18.2 Å². The molecule has 1 atom stereocenters. The maximum absolute atomic E-state index is 10.9. The van der Waals surface area contributed by atoms with E-state index in [2.05, 4.69) is 26.0 Å². The number of halogens is 1. The number of non-ortho nitro benzene ring substituents is 1. The van der Waals surface area contributed by atoms with Crippen LogP contribution in [0.3, 0.4) is 0 Å². The van der Waals surface area contributed by atoms with Crippen molar-refractivity contribution in [3.63, 3.8) is 0 Å². The summed E-state index contributed by atoms with van der Waals surface area (Å²) in [6.07, 6.45) is 0.515. The Balaban J connectivity index is 1.89. The monoisotopic (exact) mass is 367 g/mol. The van der Waals surface area contributed by atoms with Gasteiger partial charge in [0.1, 0.15) is 6.10 Å². The van der Waals surface area contributed by atoms with E-state index < -0.39 is 0 Å². The first kappa shape index (κ1) is 17.0. The van der Waals surface area contributed by atoms with Gasteiger partial charge in [-0.2, -0.15) is 0 Å². The predicted octanol–water partition coefficient (Wildman–Crippen LogP) is 5.84. The number of benzene rings is 3. The molecule has 3 aromatic carbocycles. The fourth-order valence-electron chi connectivity index (χ4n) is 3.68. The summed E-state index contributed by atoms with van der Waals surface area (Å²) in [7, 11) is 0. The number of rotatable bonds is 2. The number of nitro benzene ring substituents is 1. The minimum Gasteiger partial charge on any atom is -0.363 e. The first-order chi connectivity index (χ1) is 12.3. The van der Waals surface area contributed by atoms with Gasteiger partial charge in [0.15, 0.2) is 0 Å². The Morgan fingerprint density at radius 1 is 1.12 bits per heavy atom. The molecule has 0 fully saturated rings. The summed E-state index contributed by atoms with van der Waals surface area (Å²) in [6, 6.07) is 16.7. The van der Waals surface area contributed by atoms with Crippen LogP contribution in [0.25, 0.3) is 10.8 Å². The van der Waals surface area contributed by atoms with Crippen LogP contribution in [-0.4, -0.2) is 10.5 Å². The van der Waals surface area contributed by atoms with E-state index in [9.17, 15) is 10.1 Å². The molecular formula is C21H18ClNO3. The van der Waals surface area contributed by atoms with Crippen LogP contribution < -0.4 is 0 Å². The molecule has 0 bridgehead atoms. The SMILES string of the molecule is CC1(C)Cc2c(ccc3ccc(Cl)cc23)C(c2ccc([N+](=O)[O-])cc2)O1. The van der Waals surface area contributed by atoms with E-state index in [-0.39, 0.29) is 22.3 Å². The molecule has 0 radical (unpaired) electrons. The second kappa shape index (κ2) is 6.08. The molecule has 132 valence electrons. The molecule has 3 aromatic rings. The predicted molar refractivity (Wildman–Crippen MR) is 103 cm³/mol. The lowest BCUT2D eigenvalue weighted by Gasteiger charge is -2.38. The van der Waals surface area contributed by atoms with Crippen molar-refractivity contribution in [2.75, 3.05) is 0 Å². The summed E-state index contributed by atoms with van der Waals surface area (Å²) >= 11 is 6.24. The third kappa shape index (κ3) is 2.96. The lowest BCUT2D eigenvalue weighted by Crippen LogP contribution is -2.35. The normalized spacial score (nSPS) is 18.5. The first-order valence-corrected chi connectivity index (χ1v) is 8.85. The van der Waals surface area contributed by atoms with Crippen LogP contribution >= 0.6 is 11.6 Å². The molecule has 0 saturated carbocycles. The maximum Gasteiger partial charge on any atom is 0.269 e. The second-order valence-corrected chi connectivity index (χ2v) is 7.72. The van der Waals surface area contributed by atoms with E-state index in [4.69, 9.17) is 16.3 Å². The molecule has 0 aliphatic carbocycles. The highest BCUT2D eigenvalue weighted by molar-refractivity contribution is 6.31. The van der Waals surface area contributed by atoms with Crippen LogP contribution in [0.2, 0.25) is 5.02 Å². The summed E-state index contributed by atoms with van der Waals surface area (Å²) in [5.41, 5.74) is 2.95. The summed E-state index contributed by atoms with van der Waals surface area (Å²) in [5, 5.41) is 13.9. The molecule has 0 aromatic heterocycles. The minimum atomic E-state index is -0.390. The average Bonchev–Trinajstić information content (AvgIpc) is 2.60. The summed E-state index contributed by atoms with van der Waals surface area (Å²) < 4.78 is 6.36. The van der Waals surface area contributed by atoms with Gasteiger partial charge in [0.25, 0.3) is 5.69 Å². The van der Waals surface area contributed by atoms with Crippen molar-refractivity contribution in [2.45, 2.75) is 32.0 Å². The zero-order chi connectivity index (χ0) is 18.5. The molecular weight excluding hydrogens is 350 g/mol. The smallest absolute Gasteiger partial charge is 0.269 e. The Labute approximate surface area is 156 Å². The Morgan fingerprint density at radius 3 is 2.50 bits per heavy atom. The van der Waals surface area contributed by atoms with Gasteiger partial charge >= 0.3 is 0 Å². The molecule has 5 heteroatoms. The van der Waals surface area contributed by atoms with Crippen LogP contribution in [0.15, 0.2) is 54.6 Å². The average molecular weight is 368 g/mol. The van der Waals surface area contributed by atoms with E-state index in [1.165, 1.54) is 17.7 Å². The summed E-state index contributed by atoms with van der Waals surface area (Å²) in [6.45, 7) is 4.13. The highest BCUT2D eigenvalue weighted by atomic mass is 35.5. The van der Waals surface area contributed by atoms with Crippen LogP contribution in [0.4, 0.5) is 5.69 Å². The zero-order valence-electron chi connectivity index (χ0n) is 14.5. The molecule has 4 nitrogen and oxygen atoms in total. The van der Waals surface area contributed by atoms with Crippen LogP contribution in [0, 0.1) is 10.1 Å². The van der Waals surface area contributed by atoms with Crippen molar-refractivity contribution in [1.29, 1.82) is 0 Å². The number of hydrogen-bond acceptors (Lipinski definition) is 3. The van der Waals surface area contributed by atoms with E-state index in [1.54, 1.807) is 12.1 Å². The van der Waals surface area contributed by atoms with E-state index in [0.29, 0.717) is 5.02 Å². The van der Waals surface area contributed by atoms with Gasteiger partial charge < -0.3 is 4.74 Å². The fourth-order valence-corrected chi connectivity index (χ4v) is 3.85. The number of hydrogen-bond donors (Lipinski definition) is 0. The Kier molecular flexibility index (Phi) is 3.98. The molecule has 4 rings (SSSR count). The Bertz CT molecular complexity index is 1010. The van der Waals surface area contributed by atoms with Gasteiger partial charge in [0.2, 0.25) is 0 Å². The van der Waals surface area contributed by atoms with Crippen molar-refractivity contribution in [3.05, 3.63) is 86.4 Å². The quantitative estimate of drug-likeness (QED) is 0.422. The third-order valence-corrected chi connectivity index (χ3v) is 5.09. The molecule has 1 unspecified atom stereocenters. The van der Waals surface area contributed by atoms with Crippen LogP contribution in [-0.2, 0) is 11.2 Å². The number of nitro groups is 1. The zero-order valence-corrected chi connectivity index (χ0v) is 15.3. The molecule has 0 spiro atoms. The highest BCUT2D eigenvalue weighted by Crippen LogP contribution is 2.43. The van der Waals surface area contributed by atoms with Gasteiger partial charge in [-0.3, -0.25) is 10.1 Å². The van der Waals surface area contributed by atoms with Gasteiger partial charge in [-0.05, 0) is 65.6 Å². The molecule has 1 heterocycles. The lowest BCUT2D eigenvalue weighted by atomic mass is 9.83. The van der Waals surface area contributed by atoms with Gasteiger partial charge in [-0.25, -0.2) is 0 Å². The molecule has 0 saturated heterocycles. The third-order valence-electron chi connectivity index (χ3n) is 4.86.